The quantitative estimate of drug-likeness (QED) is 0.436. The molecule has 3 rings (SSSR count). The fourth-order valence-corrected chi connectivity index (χ4v) is 3.74. The number of hydrogen-bond donors (Lipinski definition) is 0. The van der Waals surface area contributed by atoms with Crippen molar-refractivity contribution in [2.24, 2.45) is 0 Å². The summed E-state index contributed by atoms with van der Waals surface area (Å²) >= 11 is 0. The first-order chi connectivity index (χ1) is 16.2. The summed E-state index contributed by atoms with van der Waals surface area (Å²) < 4.78 is 32.4. The van der Waals surface area contributed by atoms with E-state index in [0.717, 1.165) is 31.5 Å². The molecule has 0 radical (unpaired) electrons. The van der Waals surface area contributed by atoms with Crippen LogP contribution in [-0.2, 0) is 42.8 Å². The molecule has 5 atom stereocenters. The minimum Gasteiger partial charge on any atom is -0.459 e. The first-order valence-electron chi connectivity index (χ1n) is 10.6. The number of fused-ring (bicyclic) bond motifs is 1. The van der Waals surface area contributed by atoms with Crippen molar-refractivity contribution in [1.29, 1.82) is 0 Å². The van der Waals surface area contributed by atoms with Gasteiger partial charge < -0.3 is 28.4 Å². The molecular weight excluding hydrogens is 448 g/mol. The monoisotopic (exact) mass is 474 g/mol. The molecule has 1 aliphatic rings. The number of methoxy groups -OCH3 is 1. The molecule has 0 amide bonds. The summed E-state index contributed by atoms with van der Waals surface area (Å²) in [5.41, 5.74) is 0.316. The van der Waals surface area contributed by atoms with Crippen molar-refractivity contribution < 1.29 is 47.6 Å². The highest BCUT2D eigenvalue weighted by atomic mass is 16.7. The number of carbonyl (C=O) groups excluding carboxylic acids is 4. The van der Waals surface area contributed by atoms with Gasteiger partial charge in [0.2, 0.25) is 0 Å². The van der Waals surface area contributed by atoms with Gasteiger partial charge in [0.15, 0.2) is 24.6 Å². The van der Waals surface area contributed by atoms with Crippen LogP contribution in [-0.4, -0.2) is 68.3 Å². The number of benzene rings is 2. The highest BCUT2D eigenvalue weighted by Crippen LogP contribution is 2.29. The maximum absolute atomic E-state index is 12.7. The van der Waals surface area contributed by atoms with Crippen molar-refractivity contribution >= 4 is 34.6 Å². The van der Waals surface area contributed by atoms with E-state index in [1.54, 1.807) is 18.2 Å². The second kappa shape index (κ2) is 11.1. The van der Waals surface area contributed by atoms with E-state index in [4.69, 9.17) is 28.4 Å². The average Bonchev–Trinajstić information content (AvgIpc) is 2.79. The first kappa shape index (κ1) is 25.1. The number of hydrogen-bond acceptors (Lipinski definition) is 10. The van der Waals surface area contributed by atoms with E-state index in [9.17, 15) is 19.2 Å². The minimum atomic E-state index is -1.26. The summed E-state index contributed by atoms with van der Waals surface area (Å²) in [6, 6.07) is 12.7. The highest BCUT2D eigenvalue weighted by molar-refractivity contribution is 5.95. The van der Waals surface area contributed by atoms with E-state index in [1.807, 2.05) is 24.3 Å². The number of esters is 4. The molecule has 2 aromatic rings. The molecule has 34 heavy (non-hydrogen) atoms. The third kappa shape index (κ3) is 6.09. The van der Waals surface area contributed by atoms with Crippen molar-refractivity contribution in [1.82, 2.24) is 0 Å². The smallest absolute Gasteiger partial charge is 0.338 e. The van der Waals surface area contributed by atoms with E-state index < -0.39 is 54.6 Å². The van der Waals surface area contributed by atoms with E-state index in [0.29, 0.717) is 5.56 Å². The lowest BCUT2D eigenvalue weighted by molar-refractivity contribution is -0.301. The van der Waals surface area contributed by atoms with Gasteiger partial charge in [0.25, 0.3) is 0 Å². The maximum Gasteiger partial charge on any atom is 0.338 e. The van der Waals surface area contributed by atoms with Gasteiger partial charge in [-0.05, 0) is 22.9 Å². The summed E-state index contributed by atoms with van der Waals surface area (Å²) in [7, 11) is 1.30. The zero-order chi connectivity index (χ0) is 24.8. The molecule has 0 spiro atoms. The Morgan fingerprint density at radius 2 is 1.38 bits per heavy atom. The number of rotatable bonds is 7. The lowest BCUT2D eigenvalue weighted by atomic mass is 9.98. The van der Waals surface area contributed by atoms with Crippen molar-refractivity contribution in [2.45, 2.75) is 51.5 Å². The largest absolute Gasteiger partial charge is 0.459 e. The van der Waals surface area contributed by atoms with Gasteiger partial charge in [-0.15, -0.1) is 0 Å². The standard InChI is InChI=1S/C24H26O10/c1-13(25)31-20-19(34-24(29-4)22(33-15(3)27)21(20)32-14(2)26)12-30-23(28)18-10-9-16-7-5-6-8-17(16)11-18/h5-11,19-22,24H,12H2,1-4H3/t19-,20-,21+,22-,24+/m1/s1. The van der Waals surface area contributed by atoms with Crippen LogP contribution in [0.15, 0.2) is 42.5 Å². The summed E-state index contributed by atoms with van der Waals surface area (Å²) in [6.07, 6.45) is -5.96. The molecule has 0 aromatic heterocycles. The first-order valence-corrected chi connectivity index (χ1v) is 10.6. The van der Waals surface area contributed by atoms with E-state index in [1.165, 1.54) is 7.11 Å². The van der Waals surface area contributed by atoms with Gasteiger partial charge in [0.1, 0.15) is 12.7 Å². The molecule has 0 N–H and O–H groups in total. The Labute approximate surface area is 196 Å². The predicted octanol–water partition coefficient (Wildman–Crippen LogP) is 2.16. The molecule has 0 aliphatic carbocycles. The molecule has 0 bridgehead atoms. The zero-order valence-corrected chi connectivity index (χ0v) is 19.2. The second-order valence-electron chi connectivity index (χ2n) is 7.66. The normalized spacial score (nSPS) is 24.2. The molecule has 1 aliphatic heterocycles. The third-order valence-electron chi connectivity index (χ3n) is 5.09. The number of ether oxygens (including phenoxy) is 6. The second-order valence-corrected chi connectivity index (χ2v) is 7.66. The topological polar surface area (TPSA) is 124 Å². The van der Waals surface area contributed by atoms with Crippen LogP contribution in [0.5, 0.6) is 0 Å². The fourth-order valence-electron chi connectivity index (χ4n) is 3.74. The Hall–Kier alpha value is -3.50. The highest BCUT2D eigenvalue weighted by Gasteiger charge is 2.52. The van der Waals surface area contributed by atoms with Crippen molar-refractivity contribution in [3.63, 3.8) is 0 Å². The Bertz CT molecular complexity index is 1060. The van der Waals surface area contributed by atoms with E-state index >= 15 is 0 Å². The van der Waals surface area contributed by atoms with Crippen molar-refractivity contribution in [3.05, 3.63) is 48.0 Å². The van der Waals surface area contributed by atoms with Gasteiger partial charge in [-0.25, -0.2) is 4.79 Å². The van der Waals surface area contributed by atoms with Crippen LogP contribution in [0.1, 0.15) is 31.1 Å². The van der Waals surface area contributed by atoms with Crippen LogP contribution >= 0.6 is 0 Å². The van der Waals surface area contributed by atoms with Crippen LogP contribution in [0.3, 0.4) is 0 Å². The molecule has 10 heteroatoms. The molecule has 1 fully saturated rings. The predicted molar refractivity (Wildman–Crippen MR) is 117 cm³/mol. The molecular formula is C24H26O10. The third-order valence-corrected chi connectivity index (χ3v) is 5.09. The SMILES string of the molecule is CO[C@H]1O[C@H](COC(=O)c2ccc3ccccc3c2)[C@@H](OC(C)=O)[C@H](OC(C)=O)[C@H]1OC(C)=O. The molecule has 182 valence electrons. The van der Waals surface area contributed by atoms with Crippen LogP contribution in [0.25, 0.3) is 10.8 Å². The Morgan fingerprint density at radius 3 is 2.00 bits per heavy atom. The van der Waals surface area contributed by atoms with Gasteiger partial charge in [-0.2, -0.15) is 0 Å². The van der Waals surface area contributed by atoms with Crippen LogP contribution < -0.4 is 0 Å². The Balaban J connectivity index is 1.83. The van der Waals surface area contributed by atoms with Crippen LogP contribution in [0.4, 0.5) is 0 Å². The summed E-state index contributed by atoms with van der Waals surface area (Å²) in [5.74, 6) is -2.72. The number of carbonyl (C=O) groups is 4. The van der Waals surface area contributed by atoms with Gasteiger partial charge in [-0.1, -0.05) is 30.3 Å². The lowest BCUT2D eigenvalue weighted by Crippen LogP contribution is -2.62. The summed E-state index contributed by atoms with van der Waals surface area (Å²) in [6.45, 7) is 3.12. The van der Waals surface area contributed by atoms with E-state index in [2.05, 4.69) is 0 Å². The van der Waals surface area contributed by atoms with Gasteiger partial charge in [0.05, 0.1) is 5.56 Å². The molecule has 10 nitrogen and oxygen atoms in total. The summed E-state index contributed by atoms with van der Waals surface area (Å²) in [4.78, 5) is 47.9. The van der Waals surface area contributed by atoms with Crippen molar-refractivity contribution in [2.75, 3.05) is 13.7 Å². The summed E-state index contributed by atoms with van der Waals surface area (Å²) in [5, 5.41) is 1.83. The minimum absolute atomic E-state index is 0.316. The molecule has 0 saturated carbocycles. The van der Waals surface area contributed by atoms with Gasteiger partial charge in [-0.3, -0.25) is 14.4 Å². The molecule has 1 saturated heterocycles. The van der Waals surface area contributed by atoms with E-state index in [-0.39, 0.29) is 6.61 Å². The Morgan fingerprint density at radius 1 is 0.794 bits per heavy atom. The van der Waals surface area contributed by atoms with Crippen molar-refractivity contribution in [3.8, 4) is 0 Å². The zero-order valence-electron chi connectivity index (χ0n) is 19.2. The molecule has 2 aromatic carbocycles. The lowest BCUT2D eigenvalue weighted by Gasteiger charge is -2.43. The fraction of sp³-hybridized carbons (Fsp3) is 0.417. The molecule has 1 heterocycles. The van der Waals surface area contributed by atoms with Gasteiger partial charge >= 0.3 is 23.9 Å². The van der Waals surface area contributed by atoms with Crippen LogP contribution in [0, 0.1) is 0 Å². The van der Waals surface area contributed by atoms with Crippen LogP contribution in [0.2, 0.25) is 0 Å². The Kier molecular flexibility index (Phi) is 8.19. The van der Waals surface area contributed by atoms with Gasteiger partial charge in [0, 0.05) is 27.9 Å². The molecule has 0 unspecified atom stereocenters. The average molecular weight is 474 g/mol. The maximum atomic E-state index is 12.7.